The zero-order chi connectivity index (χ0) is 10.2. The Balaban J connectivity index is 2.03. The van der Waals surface area contributed by atoms with Crippen molar-refractivity contribution in [3.05, 3.63) is 30.3 Å². The van der Waals surface area contributed by atoms with Crippen molar-refractivity contribution in [2.75, 3.05) is 0 Å². The molecule has 2 atom stereocenters. The van der Waals surface area contributed by atoms with Crippen molar-refractivity contribution in [2.45, 2.75) is 16.9 Å². The summed E-state index contributed by atoms with van der Waals surface area (Å²) in [4.78, 5) is 11.4. The molecule has 14 heavy (non-hydrogen) atoms. The van der Waals surface area contributed by atoms with Crippen LogP contribution in [0.15, 0.2) is 30.3 Å². The van der Waals surface area contributed by atoms with Gasteiger partial charge in [-0.05, 0) is 12.1 Å². The van der Waals surface area contributed by atoms with Gasteiger partial charge in [0.2, 0.25) is 0 Å². The van der Waals surface area contributed by atoms with Crippen molar-refractivity contribution in [3.8, 4) is 5.75 Å². The van der Waals surface area contributed by atoms with Gasteiger partial charge < -0.3 is 4.74 Å². The fourth-order valence-corrected chi connectivity index (χ4v) is 1.46. The van der Waals surface area contributed by atoms with E-state index in [1.165, 1.54) is 0 Å². The molecule has 0 radical (unpaired) electrons. The predicted octanol–water partition coefficient (Wildman–Crippen LogP) is 2.47. The van der Waals surface area contributed by atoms with Gasteiger partial charge in [0.1, 0.15) is 11.9 Å². The second kappa shape index (κ2) is 3.35. The standard InChI is InChI=1S/C10H8BrFO2/c11-10(6-8(10)12)9(13)14-7-4-2-1-3-5-7/h1-5,8H,6H2. The second-order valence-corrected chi connectivity index (χ2v) is 4.65. The first kappa shape index (κ1) is 9.65. The summed E-state index contributed by atoms with van der Waals surface area (Å²) in [6.07, 6.45) is -0.933. The summed E-state index contributed by atoms with van der Waals surface area (Å²) in [6, 6.07) is 8.64. The van der Waals surface area contributed by atoms with Gasteiger partial charge in [-0.1, -0.05) is 34.1 Å². The van der Waals surface area contributed by atoms with Crippen LogP contribution in [0.1, 0.15) is 6.42 Å². The molecule has 4 heteroatoms. The summed E-state index contributed by atoms with van der Waals surface area (Å²) < 4.78 is 16.7. The largest absolute Gasteiger partial charge is 0.425 e. The van der Waals surface area contributed by atoms with E-state index in [1.807, 2.05) is 6.07 Å². The summed E-state index contributed by atoms with van der Waals surface area (Å²) in [5, 5.41) is 0. The molecule has 2 rings (SSSR count). The summed E-state index contributed by atoms with van der Waals surface area (Å²) in [6.45, 7) is 0. The van der Waals surface area contributed by atoms with E-state index in [4.69, 9.17) is 4.74 Å². The third kappa shape index (κ3) is 1.66. The van der Waals surface area contributed by atoms with E-state index in [0.717, 1.165) is 0 Å². The highest BCUT2D eigenvalue weighted by Crippen LogP contribution is 2.48. The molecule has 0 spiro atoms. The average molecular weight is 259 g/mol. The molecule has 0 saturated heterocycles. The van der Waals surface area contributed by atoms with E-state index in [-0.39, 0.29) is 6.42 Å². The van der Waals surface area contributed by atoms with E-state index in [9.17, 15) is 9.18 Å². The average Bonchev–Trinajstić information content (AvgIpc) is 2.78. The van der Waals surface area contributed by atoms with Crippen LogP contribution in [-0.2, 0) is 4.79 Å². The van der Waals surface area contributed by atoms with Crippen LogP contribution in [0.25, 0.3) is 0 Å². The number of rotatable bonds is 2. The first-order chi connectivity index (χ1) is 6.63. The van der Waals surface area contributed by atoms with Crippen LogP contribution < -0.4 is 4.74 Å². The molecule has 0 aliphatic heterocycles. The number of carbonyl (C=O) groups is 1. The number of alkyl halides is 2. The molecule has 0 aromatic heterocycles. The topological polar surface area (TPSA) is 26.3 Å². The third-order valence-corrected chi connectivity index (χ3v) is 3.25. The van der Waals surface area contributed by atoms with E-state index in [0.29, 0.717) is 5.75 Å². The molecule has 0 amide bonds. The molecule has 1 aromatic carbocycles. The highest BCUT2D eigenvalue weighted by molar-refractivity contribution is 9.10. The molecule has 74 valence electrons. The van der Waals surface area contributed by atoms with Gasteiger partial charge >= 0.3 is 5.97 Å². The van der Waals surface area contributed by atoms with Crippen LogP contribution >= 0.6 is 15.9 Å². The van der Waals surface area contributed by atoms with E-state index in [1.54, 1.807) is 24.3 Å². The molecular weight excluding hydrogens is 251 g/mol. The van der Waals surface area contributed by atoms with Gasteiger partial charge in [0, 0.05) is 6.42 Å². The first-order valence-corrected chi connectivity index (χ1v) is 5.02. The van der Waals surface area contributed by atoms with E-state index in [2.05, 4.69) is 15.9 Å². The maximum Gasteiger partial charge on any atom is 0.331 e. The molecule has 1 aliphatic carbocycles. The minimum atomic E-state index is -1.13. The van der Waals surface area contributed by atoms with Gasteiger partial charge in [-0.25, -0.2) is 9.18 Å². The predicted molar refractivity (Wildman–Crippen MR) is 53.2 cm³/mol. The van der Waals surface area contributed by atoms with E-state index < -0.39 is 16.5 Å². The van der Waals surface area contributed by atoms with Crippen molar-refractivity contribution < 1.29 is 13.9 Å². The van der Waals surface area contributed by atoms with Gasteiger partial charge in [-0.15, -0.1) is 0 Å². The molecule has 1 fully saturated rings. The van der Waals surface area contributed by atoms with Crippen molar-refractivity contribution in [3.63, 3.8) is 0 Å². The number of ether oxygens (including phenoxy) is 1. The zero-order valence-corrected chi connectivity index (χ0v) is 8.83. The molecular formula is C10H8BrFO2. The quantitative estimate of drug-likeness (QED) is 0.463. The Bertz CT molecular complexity index is 354. The van der Waals surface area contributed by atoms with Crippen LogP contribution in [0, 0.1) is 0 Å². The maximum atomic E-state index is 12.8. The fourth-order valence-electron chi connectivity index (χ4n) is 1.09. The summed E-state index contributed by atoms with van der Waals surface area (Å²) in [5.74, 6) is -0.119. The Labute approximate surface area is 89.2 Å². The number of hydrogen-bond donors (Lipinski definition) is 0. The minimum absolute atomic E-state index is 0.193. The van der Waals surface area contributed by atoms with Gasteiger partial charge in [0.25, 0.3) is 0 Å². The van der Waals surface area contributed by atoms with Crippen LogP contribution in [0.5, 0.6) is 5.75 Å². The Hall–Kier alpha value is -0.900. The molecule has 1 aliphatic rings. The highest BCUT2D eigenvalue weighted by atomic mass is 79.9. The van der Waals surface area contributed by atoms with Gasteiger partial charge in [-0.3, -0.25) is 0 Å². The minimum Gasteiger partial charge on any atom is -0.425 e. The summed E-state index contributed by atoms with van der Waals surface area (Å²) >= 11 is 3.03. The van der Waals surface area contributed by atoms with E-state index >= 15 is 0 Å². The Morgan fingerprint density at radius 2 is 2.07 bits per heavy atom. The Kier molecular flexibility index (Phi) is 2.31. The molecule has 0 N–H and O–H groups in total. The summed E-state index contributed by atoms with van der Waals surface area (Å²) in [7, 11) is 0. The van der Waals surface area contributed by atoms with Gasteiger partial charge in [0.15, 0.2) is 4.32 Å². The molecule has 0 bridgehead atoms. The molecule has 1 aromatic rings. The number of hydrogen-bond acceptors (Lipinski definition) is 2. The number of esters is 1. The van der Waals surface area contributed by atoms with Gasteiger partial charge in [0.05, 0.1) is 0 Å². The lowest BCUT2D eigenvalue weighted by Crippen LogP contribution is -2.24. The summed E-state index contributed by atoms with van der Waals surface area (Å²) in [5.41, 5.74) is 0. The van der Waals surface area contributed by atoms with Crippen LogP contribution in [-0.4, -0.2) is 16.5 Å². The number of para-hydroxylation sites is 1. The molecule has 1 saturated carbocycles. The molecule has 0 heterocycles. The normalized spacial score (nSPS) is 29.7. The van der Waals surface area contributed by atoms with Crippen LogP contribution in [0.2, 0.25) is 0 Å². The Morgan fingerprint density at radius 3 is 2.57 bits per heavy atom. The monoisotopic (exact) mass is 258 g/mol. The van der Waals surface area contributed by atoms with Gasteiger partial charge in [-0.2, -0.15) is 0 Å². The SMILES string of the molecule is O=C(Oc1ccccc1)C1(Br)CC1F. The van der Waals surface area contributed by atoms with Crippen LogP contribution in [0.3, 0.4) is 0 Å². The lowest BCUT2D eigenvalue weighted by Gasteiger charge is -2.06. The van der Waals surface area contributed by atoms with Crippen molar-refractivity contribution in [1.82, 2.24) is 0 Å². The zero-order valence-electron chi connectivity index (χ0n) is 7.24. The van der Waals surface area contributed by atoms with Crippen molar-refractivity contribution in [1.29, 1.82) is 0 Å². The van der Waals surface area contributed by atoms with Crippen molar-refractivity contribution >= 4 is 21.9 Å². The first-order valence-electron chi connectivity index (χ1n) is 4.23. The fraction of sp³-hybridized carbons (Fsp3) is 0.300. The molecule has 2 nitrogen and oxygen atoms in total. The maximum absolute atomic E-state index is 12.8. The number of carbonyl (C=O) groups excluding carboxylic acids is 1. The lowest BCUT2D eigenvalue weighted by atomic mass is 10.3. The number of benzene rings is 1. The number of halogens is 2. The third-order valence-electron chi connectivity index (χ3n) is 2.11. The van der Waals surface area contributed by atoms with Crippen molar-refractivity contribution in [2.24, 2.45) is 0 Å². The smallest absolute Gasteiger partial charge is 0.331 e. The highest BCUT2D eigenvalue weighted by Gasteiger charge is 2.61. The Morgan fingerprint density at radius 1 is 1.50 bits per heavy atom. The molecule has 2 unspecified atom stereocenters. The van der Waals surface area contributed by atoms with Crippen LogP contribution in [0.4, 0.5) is 4.39 Å². The second-order valence-electron chi connectivity index (χ2n) is 3.24. The lowest BCUT2D eigenvalue weighted by molar-refractivity contribution is -0.134.